The van der Waals surface area contributed by atoms with Gasteiger partial charge in [0.25, 0.3) is 0 Å². The minimum absolute atomic E-state index is 0.628. The van der Waals surface area contributed by atoms with Crippen molar-refractivity contribution in [3.63, 3.8) is 0 Å². The van der Waals surface area contributed by atoms with E-state index in [4.69, 9.17) is 0 Å². The van der Waals surface area contributed by atoms with Crippen molar-refractivity contribution >= 4 is 0 Å². The third-order valence-electron chi connectivity index (χ3n) is 4.74. The molecule has 110 valence electrons. The number of hydrogen-bond donors (Lipinski definition) is 1. The summed E-state index contributed by atoms with van der Waals surface area (Å²) in [4.78, 5) is 5.24. The SMILES string of the molecule is CC(C)c1ccc(CN2CCN(C3CNC3)CC2)cc1. The Morgan fingerprint density at radius 1 is 1.05 bits per heavy atom. The van der Waals surface area contributed by atoms with E-state index in [1.54, 1.807) is 0 Å². The molecule has 1 aromatic rings. The molecule has 0 radical (unpaired) electrons. The van der Waals surface area contributed by atoms with Crippen LogP contribution in [0.3, 0.4) is 0 Å². The summed E-state index contributed by atoms with van der Waals surface area (Å²) in [6.45, 7) is 12.9. The third kappa shape index (κ3) is 3.22. The van der Waals surface area contributed by atoms with E-state index >= 15 is 0 Å². The second-order valence-corrected chi connectivity index (χ2v) is 6.52. The molecule has 2 aliphatic heterocycles. The quantitative estimate of drug-likeness (QED) is 0.904. The number of nitrogens with one attached hydrogen (secondary N) is 1. The minimum Gasteiger partial charge on any atom is -0.314 e. The fourth-order valence-electron chi connectivity index (χ4n) is 3.08. The lowest BCUT2D eigenvalue weighted by molar-refractivity contribution is 0.0695. The van der Waals surface area contributed by atoms with Gasteiger partial charge in [0.1, 0.15) is 0 Å². The van der Waals surface area contributed by atoms with Gasteiger partial charge in [0, 0.05) is 51.9 Å². The Morgan fingerprint density at radius 3 is 2.20 bits per heavy atom. The zero-order chi connectivity index (χ0) is 13.9. The summed E-state index contributed by atoms with van der Waals surface area (Å²) in [7, 11) is 0. The summed E-state index contributed by atoms with van der Waals surface area (Å²) in [5.41, 5.74) is 2.89. The van der Waals surface area contributed by atoms with Crippen molar-refractivity contribution in [2.45, 2.75) is 32.4 Å². The molecular formula is C17H27N3. The van der Waals surface area contributed by atoms with Gasteiger partial charge in [-0.2, -0.15) is 0 Å². The Hall–Kier alpha value is -0.900. The highest BCUT2D eigenvalue weighted by Gasteiger charge is 2.27. The summed E-state index contributed by atoms with van der Waals surface area (Å²) in [5, 5.41) is 3.37. The molecule has 0 aliphatic carbocycles. The van der Waals surface area contributed by atoms with Crippen LogP contribution in [0.25, 0.3) is 0 Å². The fourth-order valence-corrected chi connectivity index (χ4v) is 3.08. The van der Waals surface area contributed by atoms with E-state index in [0.29, 0.717) is 5.92 Å². The van der Waals surface area contributed by atoms with Crippen LogP contribution in [0.1, 0.15) is 30.9 Å². The predicted molar refractivity (Wildman–Crippen MR) is 84.0 cm³/mol. The van der Waals surface area contributed by atoms with Crippen LogP contribution in [0, 0.1) is 0 Å². The molecule has 20 heavy (non-hydrogen) atoms. The number of piperazine rings is 1. The van der Waals surface area contributed by atoms with Crippen LogP contribution in [-0.2, 0) is 6.54 Å². The maximum atomic E-state index is 3.37. The Morgan fingerprint density at radius 2 is 1.70 bits per heavy atom. The van der Waals surface area contributed by atoms with Gasteiger partial charge in [-0.3, -0.25) is 9.80 Å². The van der Waals surface area contributed by atoms with Gasteiger partial charge < -0.3 is 5.32 Å². The molecule has 0 bridgehead atoms. The van der Waals surface area contributed by atoms with Crippen LogP contribution >= 0.6 is 0 Å². The van der Waals surface area contributed by atoms with Crippen molar-refractivity contribution in [1.29, 1.82) is 0 Å². The van der Waals surface area contributed by atoms with Gasteiger partial charge in [0.15, 0.2) is 0 Å². The Balaban J connectivity index is 1.49. The predicted octanol–water partition coefficient (Wildman–Crippen LogP) is 1.90. The molecule has 0 saturated carbocycles. The number of benzene rings is 1. The minimum atomic E-state index is 0.628. The van der Waals surface area contributed by atoms with Crippen molar-refractivity contribution in [2.75, 3.05) is 39.3 Å². The average molecular weight is 273 g/mol. The summed E-state index contributed by atoms with van der Waals surface area (Å²) in [6.07, 6.45) is 0. The molecule has 3 rings (SSSR count). The van der Waals surface area contributed by atoms with Crippen molar-refractivity contribution in [2.24, 2.45) is 0 Å². The monoisotopic (exact) mass is 273 g/mol. The topological polar surface area (TPSA) is 18.5 Å². The lowest BCUT2D eigenvalue weighted by Crippen LogP contribution is -2.61. The molecule has 0 spiro atoms. The lowest BCUT2D eigenvalue weighted by atomic mass is 10.0. The first kappa shape index (κ1) is 14.1. The maximum absolute atomic E-state index is 3.37. The van der Waals surface area contributed by atoms with E-state index in [2.05, 4.69) is 53.2 Å². The Bertz CT molecular complexity index is 414. The lowest BCUT2D eigenvalue weighted by Gasteiger charge is -2.43. The highest BCUT2D eigenvalue weighted by atomic mass is 15.3. The van der Waals surface area contributed by atoms with Crippen LogP contribution in [-0.4, -0.2) is 55.1 Å². The normalized spacial score (nSPS) is 22.1. The van der Waals surface area contributed by atoms with Gasteiger partial charge in [0.2, 0.25) is 0 Å². The molecule has 0 amide bonds. The van der Waals surface area contributed by atoms with Crippen molar-refractivity contribution in [3.8, 4) is 0 Å². The molecule has 2 saturated heterocycles. The second-order valence-electron chi connectivity index (χ2n) is 6.52. The summed E-state index contributed by atoms with van der Waals surface area (Å²) < 4.78 is 0. The van der Waals surface area contributed by atoms with Crippen molar-refractivity contribution in [1.82, 2.24) is 15.1 Å². The van der Waals surface area contributed by atoms with Gasteiger partial charge in [-0.1, -0.05) is 38.1 Å². The van der Waals surface area contributed by atoms with Gasteiger partial charge in [-0.15, -0.1) is 0 Å². The van der Waals surface area contributed by atoms with E-state index in [9.17, 15) is 0 Å². The molecule has 0 atom stereocenters. The van der Waals surface area contributed by atoms with Crippen LogP contribution < -0.4 is 5.32 Å². The van der Waals surface area contributed by atoms with E-state index < -0.39 is 0 Å². The smallest absolute Gasteiger partial charge is 0.0346 e. The van der Waals surface area contributed by atoms with Crippen LogP contribution in [0.4, 0.5) is 0 Å². The number of hydrogen-bond acceptors (Lipinski definition) is 3. The molecule has 2 heterocycles. The molecule has 3 heteroatoms. The molecule has 3 nitrogen and oxygen atoms in total. The second kappa shape index (κ2) is 6.25. The number of rotatable bonds is 4. The Labute approximate surface area is 123 Å². The molecule has 1 N–H and O–H groups in total. The highest BCUT2D eigenvalue weighted by molar-refractivity contribution is 5.24. The molecule has 2 aliphatic rings. The summed E-state index contributed by atoms with van der Waals surface area (Å²) >= 11 is 0. The van der Waals surface area contributed by atoms with E-state index in [1.807, 2.05) is 0 Å². The zero-order valence-corrected chi connectivity index (χ0v) is 12.8. The largest absolute Gasteiger partial charge is 0.314 e. The average Bonchev–Trinajstić information content (AvgIpc) is 2.39. The van der Waals surface area contributed by atoms with E-state index in [-0.39, 0.29) is 0 Å². The first-order valence-electron chi connectivity index (χ1n) is 7.98. The summed E-state index contributed by atoms with van der Waals surface area (Å²) in [6, 6.07) is 9.99. The van der Waals surface area contributed by atoms with Gasteiger partial charge >= 0.3 is 0 Å². The van der Waals surface area contributed by atoms with Crippen LogP contribution in [0.15, 0.2) is 24.3 Å². The van der Waals surface area contributed by atoms with Crippen LogP contribution in [0.5, 0.6) is 0 Å². The first-order chi connectivity index (χ1) is 9.72. The summed E-state index contributed by atoms with van der Waals surface area (Å²) in [5.74, 6) is 0.628. The molecule has 1 aromatic carbocycles. The van der Waals surface area contributed by atoms with Gasteiger partial charge in [0.05, 0.1) is 0 Å². The Kier molecular flexibility index (Phi) is 4.39. The first-order valence-corrected chi connectivity index (χ1v) is 7.98. The zero-order valence-electron chi connectivity index (χ0n) is 12.8. The fraction of sp³-hybridized carbons (Fsp3) is 0.647. The third-order valence-corrected chi connectivity index (χ3v) is 4.74. The molecule has 0 unspecified atom stereocenters. The maximum Gasteiger partial charge on any atom is 0.0346 e. The van der Waals surface area contributed by atoms with Crippen molar-refractivity contribution in [3.05, 3.63) is 35.4 Å². The van der Waals surface area contributed by atoms with Gasteiger partial charge in [-0.25, -0.2) is 0 Å². The standard InChI is InChI=1S/C17H27N3/c1-14(2)16-5-3-15(4-6-16)13-19-7-9-20(10-8-19)17-11-18-12-17/h3-6,14,17-18H,7-13H2,1-2H3. The molecule has 2 fully saturated rings. The molecular weight excluding hydrogens is 246 g/mol. The number of nitrogens with zero attached hydrogens (tertiary/aromatic N) is 2. The van der Waals surface area contributed by atoms with Crippen LogP contribution in [0.2, 0.25) is 0 Å². The van der Waals surface area contributed by atoms with E-state index in [1.165, 1.54) is 50.4 Å². The van der Waals surface area contributed by atoms with Gasteiger partial charge in [-0.05, 0) is 17.0 Å². The molecule has 0 aromatic heterocycles. The van der Waals surface area contributed by atoms with E-state index in [0.717, 1.165) is 12.6 Å². The highest BCUT2D eigenvalue weighted by Crippen LogP contribution is 2.17. The van der Waals surface area contributed by atoms with Crippen molar-refractivity contribution < 1.29 is 0 Å².